The van der Waals surface area contributed by atoms with Gasteiger partial charge < -0.3 is 10.6 Å². The van der Waals surface area contributed by atoms with Crippen molar-refractivity contribution in [2.45, 2.75) is 12.8 Å². The highest BCUT2D eigenvalue weighted by molar-refractivity contribution is 9.10. The quantitative estimate of drug-likeness (QED) is 0.909. The molecule has 3 rings (SSSR count). The Balaban J connectivity index is 1.90. The molecule has 1 aliphatic rings. The first-order valence-electron chi connectivity index (χ1n) is 6.09. The lowest BCUT2D eigenvalue weighted by atomic mass is 9.98. The van der Waals surface area contributed by atoms with Crippen LogP contribution in [0.4, 0.5) is 5.95 Å². The molecule has 3 heterocycles. The van der Waals surface area contributed by atoms with E-state index >= 15 is 0 Å². The number of primary amides is 1. The summed E-state index contributed by atoms with van der Waals surface area (Å²) in [5.41, 5.74) is 6.32. The Morgan fingerprint density at radius 1 is 1.58 bits per heavy atom. The summed E-state index contributed by atoms with van der Waals surface area (Å²) in [4.78, 5) is 22.3. The molecule has 0 aromatic carbocycles. The largest absolute Gasteiger partial charge is 0.369 e. The summed E-state index contributed by atoms with van der Waals surface area (Å²) in [6.07, 6.45) is 3.64. The van der Waals surface area contributed by atoms with Gasteiger partial charge in [0.15, 0.2) is 0 Å². The van der Waals surface area contributed by atoms with Crippen LogP contribution in [0.15, 0.2) is 16.0 Å². The molecular formula is C12H13BrN4OS. The maximum absolute atomic E-state index is 11.3. The van der Waals surface area contributed by atoms with Crippen molar-refractivity contribution in [1.82, 2.24) is 9.97 Å². The zero-order chi connectivity index (χ0) is 13.4. The summed E-state index contributed by atoms with van der Waals surface area (Å²) in [6.45, 7) is 1.49. The molecule has 1 amide bonds. The Kier molecular flexibility index (Phi) is 3.40. The number of nitrogens with zero attached hydrogens (tertiary/aromatic N) is 3. The standard InChI is InChI=1S/C12H13BrN4OS/c13-8-6-19-9-4-15-12(16-10(8)9)17-3-1-2-7(5-17)11(14)18/h4,6-7H,1-3,5H2,(H2,14,18)/t7-/m1/s1. The lowest BCUT2D eigenvalue weighted by Gasteiger charge is -2.31. The van der Waals surface area contributed by atoms with E-state index in [1.165, 1.54) is 0 Å². The van der Waals surface area contributed by atoms with Crippen LogP contribution < -0.4 is 10.6 Å². The number of piperidine rings is 1. The van der Waals surface area contributed by atoms with Crippen LogP contribution in [0, 0.1) is 5.92 Å². The summed E-state index contributed by atoms with van der Waals surface area (Å²) in [6, 6.07) is 0. The van der Waals surface area contributed by atoms with Gasteiger partial charge in [0.05, 0.1) is 21.3 Å². The first-order chi connectivity index (χ1) is 9.15. The van der Waals surface area contributed by atoms with Gasteiger partial charge in [-0.15, -0.1) is 11.3 Å². The summed E-state index contributed by atoms with van der Waals surface area (Å²) >= 11 is 5.10. The molecule has 1 saturated heterocycles. The minimum atomic E-state index is -0.234. The Labute approximate surface area is 123 Å². The van der Waals surface area contributed by atoms with Crippen LogP contribution >= 0.6 is 27.3 Å². The first kappa shape index (κ1) is 12.8. The lowest BCUT2D eigenvalue weighted by molar-refractivity contribution is -0.122. The van der Waals surface area contributed by atoms with E-state index in [-0.39, 0.29) is 11.8 Å². The third-order valence-corrected chi connectivity index (χ3v) is 5.18. The molecule has 1 atom stereocenters. The SMILES string of the molecule is NC(=O)[C@@H]1CCCN(c2ncc3scc(Br)c3n2)C1. The number of carbonyl (C=O) groups is 1. The van der Waals surface area contributed by atoms with E-state index in [2.05, 4.69) is 25.9 Å². The molecule has 0 saturated carbocycles. The number of nitrogens with two attached hydrogens (primary N) is 1. The molecule has 0 aliphatic carbocycles. The molecule has 1 aliphatic heterocycles. The summed E-state index contributed by atoms with van der Waals surface area (Å²) < 4.78 is 2.04. The third-order valence-electron chi connectivity index (χ3n) is 3.36. The molecule has 1 fully saturated rings. The van der Waals surface area contributed by atoms with Gasteiger partial charge in [-0.25, -0.2) is 9.97 Å². The van der Waals surface area contributed by atoms with Gasteiger partial charge in [0, 0.05) is 18.5 Å². The number of thiophene rings is 1. The fourth-order valence-corrected chi connectivity index (χ4v) is 3.77. The molecule has 2 aromatic heterocycles. The van der Waals surface area contributed by atoms with Crippen molar-refractivity contribution < 1.29 is 4.79 Å². The van der Waals surface area contributed by atoms with Crippen LogP contribution in [0.5, 0.6) is 0 Å². The summed E-state index contributed by atoms with van der Waals surface area (Å²) in [7, 11) is 0. The maximum Gasteiger partial charge on any atom is 0.225 e. The minimum Gasteiger partial charge on any atom is -0.369 e. The number of amides is 1. The van der Waals surface area contributed by atoms with Crippen molar-refractivity contribution >= 4 is 49.3 Å². The molecule has 7 heteroatoms. The van der Waals surface area contributed by atoms with Crippen LogP contribution in [0.3, 0.4) is 0 Å². The van der Waals surface area contributed by atoms with E-state index in [1.54, 1.807) is 11.3 Å². The number of halogens is 1. The second-order valence-corrected chi connectivity index (χ2v) is 6.42. The van der Waals surface area contributed by atoms with Gasteiger partial charge in [-0.05, 0) is 28.8 Å². The van der Waals surface area contributed by atoms with E-state index in [0.717, 1.165) is 34.1 Å². The highest BCUT2D eigenvalue weighted by Gasteiger charge is 2.25. The number of rotatable bonds is 2. The Morgan fingerprint density at radius 3 is 3.21 bits per heavy atom. The molecule has 2 N–H and O–H groups in total. The van der Waals surface area contributed by atoms with Crippen molar-refractivity contribution in [3.8, 4) is 0 Å². The van der Waals surface area contributed by atoms with Gasteiger partial charge >= 0.3 is 0 Å². The predicted molar refractivity (Wildman–Crippen MR) is 79.2 cm³/mol. The zero-order valence-corrected chi connectivity index (χ0v) is 12.6. The first-order valence-corrected chi connectivity index (χ1v) is 7.76. The summed E-state index contributed by atoms with van der Waals surface area (Å²) in [5.74, 6) is 0.346. The van der Waals surface area contributed by atoms with Crippen molar-refractivity contribution in [2.24, 2.45) is 11.7 Å². The Hall–Kier alpha value is -1.21. The fourth-order valence-electron chi connectivity index (χ4n) is 2.33. The van der Waals surface area contributed by atoms with Crippen molar-refractivity contribution in [3.05, 3.63) is 16.0 Å². The molecule has 0 bridgehead atoms. The zero-order valence-electron chi connectivity index (χ0n) is 10.2. The van der Waals surface area contributed by atoms with E-state index < -0.39 is 0 Å². The van der Waals surface area contributed by atoms with Gasteiger partial charge in [0.25, 0.3) is 0 Å². The van der Waals surface area contributed by atoms with Crippen molar-refractivity contribution in [2.75, 3.05) is 18.0 Å². The number of fused-ring (bicyclic) bond motifs is 1. The van der Waals surface area contributed by atoms with Crippen LogP contribution in [0.25, 0.3) is 10.2 Å². The van der Waals surface area contributed by atoms with Crippen molar-refractivity contribution in [1.29, 1.82) is 0 Å². The molecule has 0 spiro atoms. The van der Waals surface area contributed by atoms with Gasteiger partial charge in [-0.1, -0.05) is 0 Å². The minimum absolute atomic E-state index is 0.0982. The second kappa shape index (κ2) is 5.05. The third kappa shape index (κ3) is 2.44. The number of anilines is 1. The number of carbonyl (C=O) groups excluding carboxylic acids is 1. The van der Waals surface area contributed by atoms with Crippen LogP contribution in [-0.4, -0.2) is 29.0 Å². The Morgan fingerprint density at radius 2 is 2.42 bits per heavy atom. The lowest BCUT2D eigenvalue weighted by Crippen LogP contribution is -2.41. The van der Waals surface area contributed by atoms with E-state index in [0.29, 0.717) is 12.5 Å². The maximum atomic E-state index is 11.3. The number of hydrogen-bond acceptors (Lipinski definition) is 5. The van der Waals surface area contributed by atoms with Crippen LogP contribution in [-0.2, 0) is 4.79 Å². The van der Waals surface area contributed by atoms with Crippen LogP contribution in [0.1, 0.15) is 12.8 Å². The molecule has 2 aromatic rings. The Bertz CT molecular complexity index is 629. The fraction of sp³-hybridized carbons (Fsp3) is 0.417. The average Bonchev–Trinajstić information content (AvgIpc) is 2.80. The van der Waals surface area contributed by atoms with E-state index in [9.17, 15) is 4.79 Å². The van der Waals surface area contributed by atoms with E-state index in [1.807, 2.05) is 16.5 Å². The molecule has 5 nitrogen and oxygen atoms in total. The molecular weight excluding hydrogens is 328 g/mol. The average molecular weight is 341 g/mol. The molecule has 0 unspecified atom stereocenters. The number of aromatic nitrogens is 2. The normalized spacial score (nSPS) is 19.8. The molecule has 100 valence electrons. The van der Waals surface area contributed by atoms with Gasteiger partial charge in [-0.2, -0.15) is 0 Å². The van der Waals surface area contributed by atoms with Gasteiger partial charge in [0.1, 0.15) is 5.52 Å². The van der Waals surface area contributed by atoms with Crippen LogP contribution in [0.2, 0.25) is 0 Å². The predicted octanol–water partition coefficient (Wildman–Crippen LogP) is 2.16. The van der Waals surface area contributed by atoms with Gasteiger partial charge in [0.2, 0.25) is 11.9 Å². The topological polar surface area (TPSA) is 72.1 Å². The van der Waals surface area contributed by atoms with Gasteiger partial charge in [-0.3, -0.25) is 4.79 Å². The van der Waals surface area contributed by atoms with E-state index in [4.69, 9.17) is 5.73 Å². The summed E-state index contributed by atoms with van der Waals surface area (Å²) in [5, 5.41) is 2.01. The highest BCUT2D eigenvalue weighted by atomic mass is 79.9. The monoisotopic (exact) mass is 340 g/mol. The number of hydrogen-bond donors (Lipinski definition) is 1. The molecule has 0 radical (unpaired) electrons. The molecule has 19 heavy (non-hydrogen) atoms. The second-order valence-electron chi connectivity index (χ2n) is 4.65. The smallest absolute Gasteiger partial charge is 0.225 e. The van der Waals surface area contributed by atoms with Crippen molar-refractivity contribution in [3.63, 3.8) is 0 Å². The highest BCUT2D eigenvalue weighted by Crippen LogP contribution is 2.30.